The normalized spacial score (nSPS) is 25.7. The maximum atomic E-state index is 13.1. The molecule has 3 aliphatic rings. The van der Waals surface area contributed by atoms with Gasteiger partial charge in [0, 0.05) is 33.9 Å². The van der Waals surface area contributed by atoms with E-state index in [-0.39, 0.29) is 17.9 Å². The summed E-state index contributed by atoms with van der Waals surface area (Å²) in [6, 6.07) is 0.0787. The van der Waals surface area contributed by atoms with Crippen molar-refractivity contribution in [2.24, 2.45) is 11.8 Å². The largest absolute Gasteiger partial charge is 0.368 e. The molecule has 0 radical (unpaired) electrons. The van der Waals surface area contributed by atoms with Gasteiger partial charge in [0.05, 0.1) is 6.04 Å². The van der Waals surface area contributed by atoms with Crippen molar-refractivity contribution in [2.75, 3.05) is 33.9 Å². The summed E-state index contributed by atoms with van der Waals surface area (Å²) in [7, 11) is 3.25. The molecule has 2 aliphatic carbocycles. The van der Waals surface area contributed by atoms with Crippen molar-refractivity contribution in [3.8, 4) is 0 Å². The van der Waals surface area contributed by atoms with Gasteiger partial charge in [0.25, 0.3) is 11.8 Å². The Kier molecular flexibility index (Phi) is 4.88. The average Bonchev–Trinajstić information content (AvgIpc) is 3.45. The van der Waals surface area contributed by atoms with Gasteiger partial charge in [-0.25, -0.2) is 0 Å². The lowest BCUT2D eigenvalue weighted by atomic mass is 9.93. The van der Waals surface area contributed by atoms with Crippen molar-refractivity contribution in [2.45, 2.75) is 63.7 Å². The van der Waals surface area contributed by atoms with E-state index in [9.17, 15) is 9.59 Å². The highest BCUT2D eigenvalue weighted by atomic mass is 16.5. The molecule has 1 heterocycles. The molecule has 2 atom stereocenters. The predicted octanol–water partition coefficient (Wildman–Crippen LogP) is 1.68. The molecule has 1 aliphatic heterocycles. The average molecular weight is 352 g/mol. The Hall–Kier alpha value is -1.14. The van der Waals surface area contributed by atoms with Gasteiger partial charge in [-0.15, -0.1) is 0 Å². The van der Waals surface area contributed by atoms with Crippen molar-refractivity contribution in [3.05, 3.63) is 0 Å². The Morgan fingerprint density at radius 3 is 1.88 bits per heavy atom. The van der Waals surface area contributed by atoms with Crippen LogP contribution in [0.1, 0.15) is 46.5 Å². The number of likely N-dealkylation sites (N-methyl/N-ethyl adjacent to an activating group) is 1. The van der Waals surface area contributed by atoms with Crippen LogP contribution in [0.2, 0.25) is 0 Å². The zero-order valence-electron chi connectivity index (χ0n) is 16.2. The molecule has 6 heteroatoms. The van der Waals surface area contributed by atoms with Crippen LogP contribution >= 0.6 is 0 Å². The Labute approximate surface area is 150 Å². The van der Waals surface area contributed by atoms with Crippen molar-refractivity contribution < 1.29 is 19.1 Å². The van der Waals surface area contributed by atoms with Gasteiger partial charge in [0.2, 0.25) is 0 Å². The molecular formula is C19H32N2O4. The van der Waals surface area contributed by atoms with E-state index in [0.29, 0.717) is 31.5 Å². The molecule has 0 spiro atoms. The lowest BCUT2D eigenvalue weighted by Crippen LogP contribution is -2.68. The fourth-order valence-corrected chi connectivity index (χ4v) is 4.11. The zero-order valence-corrected chi connectivity index (χ0v) is 16.2. The number of hydrogen-bond donors (Lipinski definition) is 0. The minimum atomic E-state index is -0.727. The fourth-order valence-electron chi connectivity index (χ4n) is 4.11. The van der Waals surface area contributed by atoms with E-state index >= 15 is 0 Å². The summed E-state index contributed by atoms with van der Waals surface area (Å²) >= 11 is 0. The van der Waals surface area contributed by atoms with Gasteiger partial charge < -0.3 is 19.3 Å². The summed E-state index contributed by atoms with van der Waals surface area (Å²) in [5.74, 6) is 0.783. The Balaban J connectivity index is 1.62. The van der Waals surface area contributed by atoms with Crippen LogP contribution in [0.5, 0.6) is 0 Å². The first-order chi connectivity index (χ1) is 11.8. The molecule has 3 rings (SSSR count). The van der Waals surface area contributed by atoms with Gasteiger partial charge >= 0.3 is 0 Å². The number of nitrogens with zero attached hydrogens (tertiary/aromatic N) is 2. The van der Waals surface area contributed by atoms with E-state index in [1.165, 1.54) is 0 Å². The number of likely N-dealkylation sites (tertiary alicyclic amines) is 1. The highest BCUT2D eigenvalue weighted by Gasteiger charge is 2.54. The first kappa shape index (κ1) is 18.6. The van der Waals surface area contributed by atoms with Gasteiger partial charge in [0.1, 0.15) is 11.2 Å². The third kappa shape index (κ3) is 3.08. The number of hydrogen-bond acceptors (Lipinski definition) is 4. The second-order valence-corrected chi connectivity index (χ2v) is 8.13. The number of carbonyl (C=O) groups is 2. The van der Waals surface area contributed by atoms with Gasteiger partial charge in [-0.2, -0.15) is 0 Å². The minimum Gasteiger partial charge on any atom is -0.368 e. The van der Waals surface area contributed by atoms with Crippen molar-refractivity contribution in [1.29, 1.82) is 0 Å². The highest BCUT2D eigenvalue weighted by molar-refractivity contribution is 5.88. The molecule has 1 saturated heterocycles. The number of methoxy groups -OCH3 is 2. The van der Waals surface area contributed by atoms with E-state index in [4.69, 9.17) is 9.47 Å². The standard InChI is InChI=1S/C19H32N2O4/c1-6-21(17(23)19(3,25-5)14-9-10-14)15-11-20(12-15)16(22)18(2,24-4)13-7-8-13/h13-15H,6-12H2,1-5H3. The molecule has 0 N–H and O–H groups in total. The molecule has 0 bridgehead atoms. The molecule has 6 nitrogen and oxygen atoms in total. The maximum Gasteiger partial charge on any atom is 0.255 e. The van der Waals surface area contributed by atoms with Crippen LogP contribution in [0.25, 0.3) is 0 Å². The fraction of sp³-hybridized carbons (Fsp3) is 0.895. The SMILES string of the molecule is CCN(C(=O)C(C)(OC)C1CC1)C1CN(C(=O)C(C)(OC)C2CC2)C1. The number of rotatable bonds is 8. The molecule has 142 valence electrons. The number of ether oxygens (including phenoxy) is 2. The summed E-state index contributed by atoms with van der Waals surface area (Å²) in [6.07, 6.45) is 4.22. The summed E-state index contributed by atoms with van der Waals surface area (Å²) in [6.45, 7) is 7.63. The van der Waals surface area contributed by atoms with E-state index < -0.39 is 11.2 Å². The van der Waals surface area contributed by atoms with Crippen LogP contribution in [0.15, 0.2) is 0 Å². The minimum absolute atomic E-state index is 0.0637. The van der Waals surface area contributed by atoms with Crippen LogP contribution in [-0.4, -0.2) is 72.7 Å². The summed E-state index contributed by atoms with van der Waals surface area (Å²) in [5, 5.41) is 0. The topological polar surface area (TPSA) is 59.1 Å². The maximum absolute atomic E-state index is 13.1. The molecule has 0 aromatic rings. The Morgan fingerprint density at radius 1 is 1.00 bits per heavy atom. The van der Waals surface area contributed by atoms with Crippen LogP contribution in [-0.2, 0) is 19.1 Å². The first-order valence-electron chi connectivity index (χ1n) is 9.52. The molecule has 25 heavy (non-hydrogen) atoms. The van der Waals surface area contributed by atoms with E-state index in [0.717, 1.165) is 25.7 Å². The van der Waals surface area contributed by atoms with E-state index in [2.05, 4.69) is 0 Å². The number of amides is 2. The summed E-state index contributed by atoms with van der Waals surface area (Å²) in [4.78, 5) is 29.6. The molecular weight excluding hydrogens is 320 g/mol. The molecule has 0 aromatic carbocycles. The molecule has 2 amide bonds. The van der Waals surface area contributed by atoms with Crippen molar-refractivity contribution >= 4 is 11.8 Å². The second-order valence-electron chi connectivity index (χ2n) is 8.13. The van der Waals surface area contributed by atoms with Gasteiger partial charge in [0.15, 0.2) is 0 Å². The third-order valence-corrected chi connectivity index (χ3v) is 6.60. The van der Waals surface area contributed by atoms with Gasteiger partial charge in [-0.05, 0) is 58.3 Å². The smallest absolute Gasteiger partial charge is 0.255 e. The number of carbonyl (C=O) groups excluding carboxylic acids is 2. The summed E-state index contributed by atoms with van der Waals surface area (Å²) < 4.78 is 11.2. The Bertz CT molecular complexity index is 540. The lowest BCUT2D eigenvalue weighted by molar-refractivity contribution is -0.171. The van der Waals surface area contributed by atoms with Crippen molar-refractivity contribution in [3.63, 3.8) is 0 Å². The Morgan fingerprint density at radius 2 is 1.48 bits per heavy atom. The van der Waals surface area contributed by atoms with E-state index in [1.807, 2.05) is 30.6 Å². The van der Waals surface area contributed by atoms with Crippen LogP contribution < -0.4 is 0 Å². The van der Waals surface area contributed by atoms with Crippen LogP contribution in [0.4, 0.5) is 0 Å². The highest BCUT2D eigenvalue weighted by Crippen LogP contribution is 2.44. The summed E-state index contributed by atoms with van der Waals surface area (Å²) in [5.41, 5.74) is -1.43. The van der Waals surface area contributed by atoms with Gasteiger partial charge in [-0.3, -0.25) is 9.59 Å². The molecule has 3 fully saturated rings. The molecule has 2 saturated carbocycles. The second kappa shape index (κ2) is 6.54. The monoisotopic (exact) mass is 352 g/mol. The first-order valence-corrected chi connectivity index (χ1v) is 9.52. The van der Waals surface area contributed by atoms with E-state index in [1.54, 1.807) is 14.2 Å². The van der Waals surface area contributed by atoms with Crippen molar-refractivity contribution in [1.82, 2.24) is 9.80 Å². The quantitative estimate of drug-likeness (QED) is 0.667. The third-order valence-electron chi connectivity index (χ3n) is 6.60. The van der Waals surface area contributed by atoms with Crippen LogP contribution in [0.3, 0.4) is 0 Å². The lowest BCUT2D eigenvalue weighted by Gasteiger charge is -2.49. The molecule has 2 unspecified atom stereocenters. The van der Waals surface area contributed by atoms with Gasteiger partial charge in [-0.1, -0.05) is 0 Å². The van der Waals surface area contributed by atoms with Crippen LogP contribution in [0, 0.1) is 11.8 Å². The zero-order chi connectivity index (χ0) is 18.4. The predicted molar refractivity (Wildman–Crippen MR) is 94.0 cm³/mol. The molecule has 0 aromatic heterocycles.